The van der Waals surface area contributed by atoms with Crippen LogP contribution in [0, 0.1) is 6.92 Å². The first-order valence-electron chi connectivity index (χ1n) is 7.09. The van der Waals surface area contributed by atoms with Gasteiger partial charge >= 0.3 is 0 Å². The molecule has 21 heavy (non-hydrogen) atoms. The van der Waals surface area contributed by atoms with Crippen LogP contribution in [0.4, 0.5) is 0 Å². The highest BCUT2D eigenvalue weighted by molar-refractivity contribution is 6.33. The Morgan fingerprint density at radius 3 is 2.67 bits per heavy atom. The molecule has 2 rings (SSSR count). The molecule has 4 heteroatoms. The molecule has 0 aliphatic heterocycles. The van der Waals surface area contributed by atoms with E-state index < -0.39 is 0 Å². The van der Waals surface area contributed by atoms with Crippen molar-refractivity contribution in [1.29, 1.82) is 0 Å². The summed E-state index contributed by atoms with van der Waals surface area (Å²) in [5, 5.41) is 3.48. The first-order valence-corrected chi connectivity index (χ1v) is 7.47. The second-order valence-electron chi connectivity index (χ2n) is 5.03. The van der Waals surface area contributed by atoms with Gasteiger partial charge in [-0.15, -0.1) is 0 Å². The lowest BCUT2D eigenvalue weighted by Crippen LogP contribution is -2.28. The highest BCUT2D eigenvalue weighted by Gasteiger charge is 2.17. The minimum atomic E-state index is -0.185. The van der Waals surface area contributed by atoms with Crippen LogP contribution in [0.2, 0.25) is 5.02 Å². The van der Waals surface area contributed by atoms with E-state index in [0.29, 0.717) is 10.6 Å². The number of rotatable bonds is 5. The van der Waals surface area contributed by atoms with Gasteiger partial charge in [-0.05, 0) is 25.0 Å². The maximum Gasteiger partial charge on any atom is 0.254 e. The molecule has 1 amide bonds. The zero-order valence-electron chi connectivity index (χ0n) is 12.3. The Balaban J connectivity index is 2.18. The molecule has 1 aromatic carbocycles. The number of amides is 1. The Hall–Kier alpha value is -1.87. The molecule has 3 nitrogen and oxygen atoms in total. The molecule has 0 bridgehead atoms. The van der Waals surface area contributed by atoms with Gasteiger partial charge in [0.05, 0.1) is 16.6 Å². The number of aryl methyl sites for hydroxylation is 1. The summed E-state index contributed by atoms with van der Waals surface area (Å²) in [6, 6.07) is 11.7. The summed E-state index contributed by atoms with van der Waals surface area (Å²) < 4.78 is 0. The van der Waals surface area contributed by atoms with Gasteiger partial charge in [0, 0.05) is 11.9 Å². The van der Waals surface area contributed by atoms with Crippen LogP contribution in [0.25, 0.3) is 0 Å². The van der Waals surface area contributed by atoms with E-state index in [1.807, 2.05) is 37.3 Å². The maximum atomic E-state index is 12.4. The van der Waals surface area contributed by atoms with Crippen molar-refractivity contribution in [2.24, 2.45) is 0 Å². The second kappa shape index (κ2) is 7.23. The minimum Gasteiger partial charge on any atom is -0.345 e. The summed E-state index contributed by atoms with van der Waals surface area (Å²) in [6.07, 6.45) is 3.40. The summed E-state index contributed by atoms with van der Waals surface area (Å²) in [5.74, 6) is -0.185. The maximum absolute atomic E-state index is 12.4. The van der Waals surface area contributed by atoms with Crippen LogP contribution in [-0.4, -0.2) is 10.9 Å². The van der Waals surface area contributed by atoms with Gasteiger partial charge in [0.25, 0.3) is 5.91 Å². The van der Waals surface area contributed by atoms with Gasteiger partial charge in [-0.25, -0.2) is 0 Å². The molecule has 0 spiro atoms. The molecule has 1 atom stereocenters. The highest BCUT2D eigenvalue weighted by atomic mass is 35.5. The van der Waals surface area contributed by atoms with E-state index in [2.05, 4.69) is 17.2 Å². The number of nitrogens with one attached hydrogen (secondary N) is 1. The number of aromatic nitrogens is 1. The molecule has 0 radical (unpaired) electrons. The SMILES string of the molecule is CCCC(NC(=O)c1cnc(C)cc1Cl)c1ccccc1. The molecule has 1 aromatic heterocycles. The molecule has 110 valence electrons. The standard InChI is InChI=1S/C17H19ClN2O/c1-3-7-16(13-8-5-4-6-9-13)20-17(21)14-11-19-12(2)10-15(14)18/h4-6,8-11,16H,3,7H2,1-2H3,(H,20,21). The van der Waals surface area contributed by atoms with Crippen molar-refractivity contribution in [3.63, 3.8) is 0 Å². The largest absolute Gasteiger partial charge is 0.345 e. The van der Waals surface area contributed by atoms with E-state index in [9.17, 15) is 4.79 Å². The molecule has 0 saturated heterocycles. The van der Waals surface area contributed by atoms with E-state index in [1.54, 1.807) is 6.07 Å². The minimum absolute atomic E-state index is 0.0129. The third-order valence-electron chi connectivity index (χ3n) is 3.32. The summed E-state index contributed by atoms with van der Waals surface area (Å²) in [4.78, 5) is 16.5. The summed E-state index contributed by atoms with van der Waals surface area (Å²) in [5.41, 5.74) is 2.31. The first-order chi connectivity index (χ1) is 10.1. The van der Waals surface area contributed by atoms with Gasteiger partial charge in [0.15, 0.2) is 0 Å². The lowest BCUT2D eigenvalue weighted by atomic mass is 10.0. The average molecular weight is 303 g/mol. The van der Waals surface area contributed by atoms with Crippen molar-refractivity contribution in [1.82, 2.24) is 10.3 Å². The van der Waals surface area contributed by atoms with E-state index in [4.69, 9.17) is 11.6 Å². The number of halogens is 1. The first kappa shape index (κ1) is 15.5. The Kier molecular flexibility index (Phi) is 5.34. The van der Waals surface area contributed by atoms with Crippen molar-refractivity contribution in [3.05, 3.63) is 64.4 Å². The van der Waals surface area contributed by atoms with Gasteiger partial charge in [-0.3, -0.25) is 9.78 Å². The molecule has 2 aromatic rings. The Morgan fingerprint density at radius 1 is 1.33 bits per heavy atom. The van der Waals surface area contributed by atoms with Crippen molar-refractivity contribution in [3.8, 4) is 0 Å². The fourth-order valence-corrected chi connectivity index (χ4v) is 2.52. The third-order valence-corrected chi connectivity index (χ3v) is 3.63. The number of carbonyl (C=O) groups is 1. The number of nitrogens with zero attached hydrogens (tertiary/aromatic N) is 1. The zero-order chi connectivity index (χ0) is 15.2. The number of carbonyl (C=O) groups excluding carboxylic acids is 1. The fraction of sp³-hybridized carbons (Fsp3) is 0.294. The van der Waals surface area contributed by atoms with Gasteiger partial charge in [0.2, 0.25) is 0 Å². The summed E-state index contributed by atoms with van der Waals surface area (Å²) in [6.45, 7) is 3.94. The lowest BCUT2D eigenvalue weighted by molar-refractivity contribution is 0.0934. The molecular formula is C17H19ClN2O. The quantitative estimate of drug-likeness (QED) is 0.894. The zero-order valence-corrected chi connectivity index (χ0v) is 13.0. The van der Waals surface area contributed by atoms with Gasteiger partial charge in [-0.2, -0.15) is 0 Å². The monoisotopic (exact) mass is 302 g/mol. The molecule has 0 aliphatic rings. The predicted molar refractivity (Wildman–Crippen MR) is 85.5 cm³/mol. The topological polar surface area (TPSA) is 42.0 Å². The van der Waals surface area contributed by atoms with Crippen LogP contribution in [0.3, 0.4) is 0 Å². The number of benzene rings is 1. The average Bonchev–Trinajstić information content (AvgIpc) is 2.47. The van der Waals surface area contributed by atoms with Crippen LogP contribution in [0.5, 0.6) is 0 Å². The van der Waals surface area contributed by atoms with Crippen LogP contribution >= 0.6 is 11.6 Å². The number of hydrogen-bond donors (Lipinski definition) is 1. The number of pyridine rings is 1. The summed E-state index contributed by atoms with van der Waals surface area (Å²) >= 11 is 6.13. The molecular weight excluding hydrogens is 284 g/mol. The molecule has 1 N–H and O–H groups in total. The Bertz CT molecular complexity index is 613. The van der Waals surface area contributed by atoms with Gasteiger partial charge < -0.3 is 5.32 Å². The highest BCUT2D eigenvalue weighted by Crippen LogP contribution is 2.21. The van der Waals surface area contributed by atoms with Crippen molar-refractivity contribution in [2.75, 3.05) is 0 Å². The van der Waals surface area contributed by atoms with Crippen LogP contribution in [-0.2, 0) is 0 Å². The smallest absolute Gasteiger partial charge is 0.254 e. The van der Waals surface area contributed by atoms with E-state index in [1.165, 1.54) is 6.20 Å². The van der Waals surface area contributed by atoms with E-state index >= 15 is 0 Å². The molecule has 1 unspecified atom stereocenters. The lowest BCUT2D eigenvalue weighted by Gasteiger charge is -2.19. The summed E-state index contributed by atoms with van der Waals surface area (Å²) in [7, 11) is 0. The normalized spacial score (nSPS) is 12.0. The van der Waals surface area contributed by atoms with E-state index in [-0.39, 0.29) is 11.9 Å². The van der Waals surface area contributed by atoms with Crippen LogP contribution < -0.4 is 5.32 Å². The third kappa shape index (κ3) is 4.05. The molecule has 0 aliphatic carbocycles. The van der Waals surface area contributed by atoms with Crippen molar-refractivity contribution >= 4 is 17.5 Å². The second-order valence-corrected chi connectivity index (χ2v) is 5.44. The predicted octanol–water partition coefficient (Wildman–Crippen LogP) is 4.31. The van der Waals surface area contributed by atoms with Crippen molar-refractivity contribution < 1.29 is 4.79 Å². The Labute approximate surface area is 130 Å². The van der Waals surface area contributed by atoms with E-state index in [0.717, 1.165) is 24.1 Å². The molecule has 0 saturated carbocycles. The van der Waals surface area contributed by atoms with Gasteiger partial charge in [-0.1, -0.05) is 55.3 Å². The van der Waals surface area contributed by atoms with Crippen molar-refractivity contribution in [2.45, 2.75) is 32.7 Å². The Morgan fingerprint density at radius 2 is 2.05 bits per heavy atom. The number of hydrogen-bond acceptors (Lipinski definition) is 2. The molecule has 1 heterocycles. The fourth-order valence-electron chi connectivity index (χ4n) is 2.23. The van der Waals surface area contributed by atoms with Gasteiger partial charge in [0.1, 0.15) is 0 Å². The van der Waals surface area contributed by atoms with Crippen LogP contribution in [0.1, 0.15) is 47.4 Å². The molecule has 0 fully saturated rings. The van der Waals surface area contributed by atoms with Crippen LogP contribution in [0.15, 0.2) is 42.6 Å².